The van der Waals surface area contributed by atoms with Gasteiger partial charge in [0.15, 0.2) is 0 Å². The van der Waals surface area contributed by atoms with Crippen LogP contribution in [0.2, 0.25) is 0 Å². The summed E-state index contributed by atoms with van der Waals surface area (Å²) in [7, 11) is 1.59. The molecule has 0 aliphatic carbocycles. The minimum atomic E-state index is -0.822. The Morgan fingerprint density at radius 3 is 2.00 bits per heavy atom. The van der Waals surface area contributed by atoms with E-state index >= 15 is 0 Å². The molecule has 76 valence electrons. The Kier molecular flexibility index (Phi) is 9.53. The predicted octanol–water partition coefficient (Wildman–Crippen LogP) is -0.272. The zero-order valence-electron chi connectivity index (χ0n) is 8.13. The van der Waals surface area contributed by atoms with Crippen molar-refractivity contribution >= 4 is 11.9 Å². The van der Waals surface area contributed by atoms with Crippen LogP contribution in [0.25, 0.3) is 0 Å². The van der Waals surface area contributed by atoms with Crippen LogP contribution in [0, 0.1) is 0 Å². The van der Waals surface area contributed by atoms with Gasteiger partial charge in [0.1, 0.15) is 0 Å². The third-order valence-electron chi connectivity index (χ3n) is 1.15. The molecule has 0 heterocycles. The number of rotatable bonds is 3. The number of hydrogen-bond acceptors (Lipinski definition) is 3. The monoisotopic (exact) mass is 188 g/mol. The van der Waals surface area contributed by atoms with Gasteiger partial charge in [-0.25, -0.2) is 0 Å². The van der Waals surface area contributed by atoms with Crippen LogP contribution in [0.15, 0.2) is 11.6 Å². The van der Waals surface area contributed by atoms with Gasteiger partial charge in [0.05, 0.1) is 6.54 Å². The fraction of sp³-hybridized carbons (Fsp3) is 0.500. The van der Waals surface area contributed by atoms with Gasteiger partial charge in [-0.2, -0.15) is 0 Å². The van der Waals surface area contributed by atoms with Gasteiger partial charge in [-0.3, -0.25) is 9.59 Å². The smallest absolute Gasteiger partial charge is 0.317 e. The number of allylic oxidation sites excluding steroid dienone is 1. The van der Waals surface area contributed by atoms with Crippen LogP contribution in [0.3, 0.4) is 0 Å². The van der Waals surface area contributed by atoms with Crippen LogP contribution >= 0.6 is 0 Å². The fourth-order valence-corrected chi connectivity index (χ4v) is 0.293. The summed E-state index contributed by atoms with van der Waals surface area (Å²) in [6.07, 6.45) is 1.68. The van der Waals surface area contributed by atoms with Crippen molar-refractivity contribution < 1.29 is 14.7 Å². The van der Waals surface area contributed by atoms with Crippen LogP contribution in [-0.2, 0) is 9.59 Å². The van der Waals surface area contributed by atoms with Crippen LogP contribution in [0.5, 0.6) is 0 Å². The van der Waals surface area contributed by atoms with Crippen molar-refractivity contribution in [3.05, 3.63) is 11.6 Å². The van der Waals surface area contributed by atoms with Crippen molar-refractivity contribution in [2.24, 2.45) is 5.73 Å². The number of hydrogen-bond donors (Lipinski definition) is 3. The maximum Gasteiger partial charge on any atom is 0.317 e. The van der Waals surface area contributed by atoms with E-state index in [9.17, 15) is 9.59 Å². The highest BCUT2D eigenvalue weighted by atomic mass is 16.4. The largest absolute Gasteiger partial charge is 0.480 e. The molecule has 0 radical (unpaired) electrons. The first-order valence-electron chi connectivity index (χ1n) is 3.74. The van der Waals surface area contributed by atoms with E-state index in [2.05, 4.69) is 5.32 Å². The van der Waals surface area contributed by atoms with E-state index in [0.717, 1.165) is 0 Å². The molecule has 1 amide bonds. The van der Waals surface area contributed by atoms with E-state index in [1.54, 1.807) is 27.0 Å². The first-order chi connectivity index (χ1) is 5.95. The van der Waals surface area contributed by atoms with Gasteiger partial charge in [-0.1, -0.05) is 6.08 Å². The summed E-state index contributed by atoms with van der Waals surface area (Å²) in [5.41, 5.74) is 5.45. The summed E-state index contributed by atoms with van der Waals surface area (Å²) in [6, 6.07) is 0. The first-order valence-corrected chi connectivity index (χ1v) is 3.74. The molecule has 0 saturated carbocycles. The first kappa shape index (κ1) is 14.2. The molecule has 0 rings (SSSR count). The van der Waals surface area contributed by atoms with Crippen LogP contribution in [-0.4, -0.2) is 30.6 Å². The summed E-state index contributed by atoms with van der Waals surface area (Å²) in [4.78, 5) is 19.6. The minimum absolute atomic E-state index is 0.0417. The van der Waals surface area contributed by atoms with Crippen molar-refractivity contribution in [1.29, 1.82) is 0 Å². The molecule has 0 spiro atoms. The molecule has 0 aromatic heterocycles. The second-order valence-electron chi connectivity index (χ2n) is 2.26. The fourth-order valence-electron chi connectivity index (χ4n) is 0.293. The van der Waals surface area contributed by atoms with Crippen LogP contribution < -0.4 is 11.1 Å². The second-order valence-corrected chi connectivity index (χ2v) is 2.26. The van der Waals surface area contributed by atoms with Crippen LogP contribution in [0.4, 0.5) is 0 Å². The molecule has 0 aliphatic rings. The zero-order valence-corrected chi connectivity index (χ0v) is 8.13. The number of carbonyl (C=O) groups excluding carboxylic acids is 1. The lowest BCUT2D eigenvalue weighted by atomic mass is 10.3. The van der Waals surface area contributed by atoms with E-state index < -0.39 is 5.97 Å². The number of primary amides is 1. The second kappa shape index (κ2) is 8.73. The lowest BCUT2D eigenvalue weighted by Crippen LogP contribution is -2.16. The molecule has 5 heteroatoms. The Balaban J connectivity index is 0. The predicted molar refractivity (Wildman–Crippen MR) is 50.2 cm³/mol. The molecule has 0 aromatic carbocycles. The Hall–Kier alpha value is -1.36. The normalized spacial score (nSPS) is 9.92. The highest BCUT2D eigenvalue weighted by Crippen LogP contribution is 1.85. The van der Waals surface area contributed by atoms with E-state index in [0.29, 0.717) is 5.57 Å². The molecule has 5 nitrogen and oxygen atoms in total. The highest BCUT2D eigenvalue weighted by Gasteiger charge is 1.90. The van der Waals surface area contributed by atoms with Gasteiger partial charge < -0.3 is 16.2 Å². The lowest BCUT2D eigenvalue weighted by molar-refractivity contribution is -0.135. The number of carboxylic acids is 1. The van der Waals surface area contributed by atoms with E-state index in [1.807, 2.05) is 0 Å². The maximum atomic E-state index is 10.1. The SMILES string of the molecule is C/C=C(\C)C(N)=O.CNCC(=O)O. The van der Waals surface area contributed by atoms with Crippen molar-refractivity contribution in [1.82, 2.24) is 5.32 Å². The number of likely N-dealkylation sites (N-methyl/N-ethyl adjacent to an activating group) is 1. The molecule has 13 heavy (non-hydrogen) atoms. The summed E-state index contributed by atoms with van der Waals surface area (Å²) in [5.74, 6) is -1.17. The molecule has 4 N–H and O–H groups in total. The number of aliphatic carboxylic acids is 1. The molecule has 0 aliphatic heterocycles. The molecular formula is C8H16N2O3. The van der Waals surface area contributed by atoms with Gasteiger partial charge in [0, 0.05) is 5.57 Å². The Morgan fingerprint density at radius 2 is 2.00 bits per heavy atom. The quantitative estimate of drug-likeness (QED) is 0.531. The average molecular weight is 188 g/mol. The molecule has 0 atom stereocenters. The molecule has 0 aromatic rings. The van der Waals surface area contributed by atoms with Gasteiger partial charge in [-0.15, -0.1) is 0 Å². The van der Waals surface area contributed by atoms with Crippen molar-refractivity contribution in [2.45, 2.75) is 13.8 Å². The Bertz CT molecular complexity index is 200. The summed E-state index contributed by atoms with van der Waals surface area (Å²) < 4.78 is 0. The van der Waals surface area contributed by atoms with Gasteiger partial charge in [0.2, 0.25) is 5.91 Å². The summed E-state index contributed by atoms with van der Waals surface area (Å²) in [5, 5.41) is 10.3. The third kappa shape index (κ3) is 13.6. The topological polar surface area (TPSA) is 92.4 Å². The Labute approximate surface area is 77.6 Å². The molecule has 0 fully saturated rings. The van der Waals surface area contributed by atoms with E-state index in [4.69, 9.17) is 10.8 Å². The van der Waals surface area contributed by atoms with Crippen molar-refractivity contribution in [3.63, 3.8) is 0 Å². The molecular weight excluding hydrogens is 172 g/mol. The average Bonchev–Trinajstić information content (AvgIpc) is 2.03. The van der Waals surface area contributed by atoms with Crippen molar-refractivity contribution in [2.75, 3.05) is 13.6 Å². The number of nitrogens with two attached hydrogens (primary N) is 1. The van der Waals surface area contributed by atoms with Crippen LogP contribution in [0.1, 0.15) is 13.8 Å². The van der Waals surface area contributed by atoms with Crippen molar-refractivity contribution in [3.8, 4) is 0 Å². The third-order valence-corrected chi connectivity index (χ3v) is 1.15. The minimum Gasteiger partial charge on any atom is -0.480 e. The van der Waals surface area contributed by atoms with E-state index in [1.165, 1.54) is 0 Å². The lowest BCUT2D eigenvalue weighted by Gasteiger charge is -1.85. The molecule has 0 bridgehead atoms. The van der Waals surface area contributed by atoms with E-state index in [-0.39, 0.29) is 12.5 Å². The molecule has 0 unspecified atom stereocenters. The number of nitrogens with one attached hydrogen (secondary N) is 1. The van der Waals surface area contributed by atoms with Gasteiger partial charge >= 0.3 is 5.97 Å². The summed E-state index contributed by atoms with van der Waals surface area (Å²) >= 11 is 0. The van der Waals surface area contributed by atoms with Gasteiger partial charge in [0.25, 0.3) is 0 Å². The number of amides is 1. The Morgan fingerprint density at radius 1 is 1.54 bits per heavy atom. The van der Waals surface area contributed by atoms with Gasteiger partial charge in [-0.05, 0) is 20.9 Å². The maximum absolute atomic E-state index is 10.1. The number of carbonyl (C=O) groups is 2. The number of carboxylic acid groups (broad SMARTS) is 1. The molecule has 0 saturated heterocycles. The summed E-state index contributed by atoms with van der Waals surface area (Å²) in [6.45, 7) is 3.50. The highest BCUT2D eigenvalue weighted by molar-refractivity contribution is 5.91. The standard InChI is InChI=1S/C5H9NO.C3H7NO2/c1-3-4(2)5(6)7;1-4-2-3(5)6/h3H,1-2H3,(H2,6,7);4H,2H2,1H3,(H,5,6)/b4-3+;. The zero-order chi connectivity index (χ0) is 10.9.